The van der Waals surface area contributed by atoms with Gasteiger partial charge < -0.3 is 15.5 Å². The number of carboxylic acid groups (broad SMARTS) is 1. The molecule has 0 aliphatic rings. The van der Waals surface area contributed by atoms with Crippen molar-refractivity contribution in [2.45, 2.75) is 6.92 Å². The summed E-state index contributed by atoms with van der Waals surface area (Å²) in [6.45, 7) is 1.22. The minimum absolute atomic E-state index is 0.106. The first-order chi connectivity index (χ1) is 12.8. The van der Waals surface area contributed by atoms with Crippen molar-refractivity contribution >= 4 is 22.9 Å². The number of carbonyl (C=O) groups excluding carboxylic acids is 1. The summed E-state index contributed by atoms with van der Waals surface area (Å²) in [5, 5.41) is 21.2. The molecule has 0 atom stereocenters. The van der Waals surface area contributed by atoms with Crippen molar-refractivity contribution in [3.05, 3.63) is 51.9 Å². The Morgan fingerprint density at radius 1 is 1.26 bits per heavy atom. The van der Waals surface area contributed by atoms with Gasteiger partial charge in [-0.05, 0) is 12.5 Å². The number of carboxylic acids is 1. The minimum Gasteiger partial charge on any atom is -0.506 e. The molecular weight excluding hydrogens is 352 g/mol. The van der Waals surface area contributed by atoms with Gasteiger partial charge in [0.15, 0.2) is 5.82 Å². The molecule has 0 saturated carbocycles. The molecule has 2 aromatic heterocycles. The fourth-order valence-corrected chi connectivity index (χ4v) is 2.70. The molecule has 3 N–H and O–H groups in total. The number of aryl methyl sites for hydroxylation is 2. The van der Waals surface area contributed by atoms with Crippen LogP contribution in [-0.2, 0) is 11.8 Å². The second kappa shape index (κ2) is 6.87. The van der Waals surface area contributed by atoms with E-state index < -0.39 is 35.3 Å². The fourth-order valence-electron chi connectivity index (χ4n) is 2.70. The molecule has 0 aliphatic heterocycles. The predicted octanol–water partition coefficient (Wildman–Crippen LogP) is 0.824. The van der Waals surface area contributed by atoms with Crippen LogP contribution in [0, 0.1) is 6.92 Å². The maximum absolute atomic E-state index is 12.5. The third kappa shape index (κ3) is 3.22. The zero-order chi connectivity index (χ0) is 19.7. The Morgan fingerprint density at radius 2 is 1.96 bits per heavy atom. The molecule has 0 radical (unpaired) electrons. The number of fused-ring (bicyclic) bond motifs is 1. The van der Waals surface area contributed by atoms with E-state index in [0.717, 1.165) is 15.7 Å². The molecule has 1 amide bonds. The van der Waals surface area contributed by atoms with E-state index in [-0.39, 0.29) is 11.0 Å². The topological polar surface area (TPSA) is 134 Å². The summed E-state index contributed by atoms with van der Waals surface area (Å²) in [7, 11) is 1.41. The molecule has 0 fully saturated rings. The Balaban J connectivity index is 2.18. The number of nitrogens with zero attached hydrogens (tertiary/aromatic N) is 3. The highest BCUT2D eigenvalue weighted by atomic mass is 16.4. The van der Waals surface area contributed by atoms with Crippen LogP contribution in [-0.4, -0.2) is 43.2 Å². The van der Waals surface area contributed by atoms with E-state index in [4.69, 9.17) is 5.11 Å². The third-order valence-electron chi connectivity index (χ3n) is 4.11. The number of amides is 1. The lowest BCUT2D eigenvalue weighted by atomic mass is 10.1. The van der Waals surface area contributed by atoms with E-state index >= 15 is 0 Å². The summed E-state index contributed by atoms with van der Waals surface area (Å²) in [4.78, 5) is 43.9. The van der Waals surface area contributed by atoms with E-state index in [1.54, 1.807) is 0 Å². The zero-order valence-electron chi connectivity index (χ0n) is 14.6. The van der Waals surface area contributed by atoms with Crippen LogP contribution in [0.1, 0.15) is 15.9 Å². The molecule has 0 spiro atoms. The normalized spacial score (nSPS) is 10.7. The van der Waals surface area contributed by atoms with Crippen molar-refractivity contribution in [2.24, 2.45) is 7.05 Å². The number of carbonyl (C=O) groups is 2. The maximum atomic E-state index is 12.5. The van der Waals surface area contributed by atoms with E-state index in [1.165, 1.54) is 13.2 Å². The molecule has 3 rings (SSSR count). The van der Waals surface area contributed by atoms with Gasteiger partial charge in [0.05, 0.1) is 5.39 Å². The SMILES string of the molecule is Cc1ccccc1-c1ncc2c(O)c(C(=O)NCC(=O)O)c(=O)n(C)c2n1. The molecule has 1 aromatic carbocycles. The largest absolute Gasteiger partial charge is 0.506 e. The lowest BCUT2D eigenvalue weighted by Crippen LogP contribution is -2.35. The number of benzene rings is 1. The summed E-state index contributed by atoms with van der Waals surface area (Å²) in [5.41, 5.74) is 0.515. The van der Waals surface area contributed by atoms with Gasteiger partial charge in [0.2, 0.25) is 0 Å². The number of hydrogen-bond donors (Lipinski definition) is 3. The highest BCUT2D eigenvalue weighted by molar-refractivity contribution is 6.02. The monoisotopic (exact) mass is 368 g/mol. The van der Waals surface area contributed by atoms with Crippen LogP contribution in [0.25, 0.3) is 22.4 Å². The zero-order valence-corrected chi connectivity index (χ0v) is 14.6. The molecule has 0 saturated heterocycles. The Hall–Kier alpha value is -3.75. The Bertz CT molecular complexity index is 1140. The van der Waals surface area contributed by atoms with Gasteiger partial charge in [-0.25, -0.2) is 9.97 Å². The number of aromatic hydroxyl groups is 1. The fraction of sp³-hybridized carbons (Fsp3) is 0.167. The van der Waals surface area contributed by atoms with Gasteiger partial charge in [0, 0.05) is 18.8 Å². The van der Waals surface area contributed by atoms with Gasteiger partial charge in [-0.2, -0.15) is 0 Å². The standard InChI is InChI=1S/C18H16N4O5/c1-9-5-3-4-6-10(9)15-19-7-11-14(25)13(17(26)20-8-12(23)24)18(27)22(2)16(11)21-15/h3-7,25H,8H2,1-2H3,(H,20,26)(H,23,24). The quantitative estimate of drug-likeness (QED) is 0.621. The first-order valence-corrected chi connectivity index (χ1v) is 7.96. The van der Waals surface area contributed by atoms with Gasteiger partial charge in [0.25, 0.3) is 11.5 Å². The molecule has 0 aliphatic carbocycles. The van der Waals surface area contributed by atoms with Crippen molar-refractivity contribution in [1.82, 2.24) is 19.9 Å². The summed E-state index contributed by atoms with van der Waals surface area (Å²) in [6.07, 6.45) is 1.33. The first kappa shape index (κ1) is 18.1. The van der Waals surface area contributed by atoms with Crippen molar-refractivity contribution in [1.29, 1.82) is 0 Å². The molecule has 9 heteroatoms. The molecule has 9 nitrogen and oxygen atoms in total. The summed E-state index contributed by atoms with van der Waals surface area (Å²) in [5.74, 6) is -2.47. The molecule has 3 aromatic rings. The number of pyridine rings is 1. The van der Waals surface area contributed by atoms with E-state index in [9.17, 15) is 19.5 Å². The van der Waals surface area contributed by atoms with Gasteiger partial charge in [-0.15, -0.1) is 0 Å². The van der Waals surface area contributed by atoms with Crippen molar-refractivity contribution in [2.75, 3.05) is 6.54 Å². The Labute approximate surface area is 152 Å². The Kier molecular flexibility index (Phi) is 4.59. The molecule has 138 valence electrons. The van der Waals surface area contributed by atoms with Crippen LogP contribution in [0.5, 0.6) is 5.75 Å². The van der Waals surface area contributed by atoms with Crippen LogP contribution in [0.4, 0.5) is 0 Å². The number of nitrogens with one attached hydrogen (secondary N) is 1. The van der Waals surface area contributed by atoms with Gasteiger partial charge in [-0.3, -0.25) is 19.0 Å². The average Bonchev–Trinajstić information content (AvgIpc) is 2.64. The maximum Gasteiger partial charge on any atom is 0.322 e. The van der Waals surface area contributed by atoms with Gasteiger partial charge in [-0.1, -0.05) is 24.3 Å². The Morgan fingerprint density at radius 3 is 2.63 bits per heavy atom. The lowest BCUT2D eigenvalue weighted by Gasteiger charge is -2.12. The average molecular weight is 368 g/mol. The summed E-state index contributed by atoms with van der Waals surface area (Å²) < 4.78 is 1.12. The van der Waals surface area contributed by atoms with Crippen molar-refractivity contribution < 1.29 is 19.8 Å². The van der Waals surface area contributed by atoms with Crippen molar-refractivity contribution in [3.63, 3.8) is 0 Å². The number of aromatic nitrogens is 3. The number of aliphatic carboxylic acids is 1. The number of rotatable bonds is 4. The highest BCUT2D eigenvalue weighted by Crippen LogP contribution is 2.27. The summed E-state index contributed by atoms with van der Waals surface area (Å²) >= 11 is 0. The van der Waals surface area contributed by atoms with E-state index in [0.29, 0.717) is 5.82 Å². The van der Waals surface area contributed by atoms with Crippen LogP contribution in [0.3, 0.4) is 0 Å². The van der Waals surface area contributed by atoms with Crippen LogP contribution in [0.2, 0.25) is 0 Å². The highest BCUT2D eigenvalue weighted by Gasteiger charge is 2.23. The van der Waals surface area contributed by atoms with E-state index in [2.05, 4.69) is 15.3 Å². The smallest absolute Gasteiger partial charge is 0.322 e. The summed E-state index contributed by atoms with van der Waals surface area (Å²) in [6, 6.07) is 7.45. The van der Waals surface area contributed by atoms with Gasteiger partial charge >= 0.3 is 5.97 Å². The third-order valence-corrected chi connectivity index (χ3v) is 4.11. The second-order valence-electron chi connectivity index (χ2n) is 5.91. The van der Waals surface area contributed by atoms with Gasteiger partial charge in [0.1, 0.15) is 23.5 Å². The molecule has 27 heavy (non-hydrogen) atoms. The van der Waals surface area contributed by atoms with E-state index in [1.807, 2.05) is 31.2 Å². The van der Waals surface area contributed by atoms with Crippen LogP contribution < -0.4 is 10.9 Å². The first-order valence-electron chi connectivity index (χ1n) is 7.96. The molecule has 2 heterocycles. The molecule has 0 bridgehead atoms. The van der Waals surface area contributed by atoms with Crippen LogP contribution in [0.15, 0.2) is 35.3 Å². The van der Waals surface area contributed by atoms with Crippen LogP contribution >= 0.6 is 0 Å². The lowest BCUT2D eigenvalue weighted by molar-refractivity contribution is -0.135. The minimum atomic E-state index is -1.27. The molecule has 0 unspecified atom stereocenters. The van der Waals surface area contributed by atoms with Crippen molar-refractivity contribution in [3.8, 4) is 17.1 Å². The number of hydrogen-bond acceptors (Lipinski definition) is 6. The second-order valence-corrected chi connectivity index (χ2v) is 5.91. The molecular formula is C18H16N4O5. The predicted molar refractivity (Wildman–Crippen MR) is 96.6 cm³/mol.